The maximum absolute atomic E-state index is 6.42. The SMILES string of the molecule is c1ccc2cc(N(c3cccc4c3oc3cnccc34)c3ccnc4c3oc3ccccc34)ccc2c1. The molecule has 0 radical (unpaired) electrons. The first-order valence-electron chi connectivity index (χ1n) is 12.2. The van der Waals surface area contributed by atoms with E-state index in [2.05, 4.69) is 70.5 Å². The van der Waals surface area contributed by atoms with Crippen molar-refractivity contribution in [2.45, 2.75) is 0 Å². The third-order valence-corrected chi connectivity index (χ3v) is 6.99. The van der Waals surface area contributed by atoms with Gasteiger partial charge in [-0.1, -0.05) is 54.6 Å². The quantitative estimate of drug-likeness (QED) is 0.254. The number of aromatic nitrogens is 2. The summed E-state index contributed by atoms with van der Waals surface area (Å²) in [5.41, 5.74) is 6.72. The Morgan fingerprint density at radius 2 is 1.38 bits per heavy atom. The summed E-state index contributed by atoms with van der Waals surface area (Å²) in [6.45, 7) is 0. The zero-order valence-electron chi connectivity index (χ0n) is 19.6. The van der Waals surface area contributed by atoms with E-state index < -0.39 is 0 Å². The van der Waals surface area contributed by atoms with Gasteiger partial charge in [0.2, 0.25) is 0 Å². The van der Waals surface area contributed by atoms with E-state index in [1.54, 1.807) is 12.4 Å². The number of nitrogens with zero attached hydrogens (tertiary/aromatic N) is 3. The van der Waals surface area contributed by atoms with Gasteiger partial charge in [0, 0.05) is 34.2 Å². The number of benzene rings is 4. The summed E-state index contributed by atoms with van der Waals surface area (Å²) in [6.07, 6.45) is 5.41. The van der Waals surface area contributed by atoms with Gasteiger partial charge in [-0.15, -0.1) is 0 Å². The van der Waals surface area contributed by atoms with Crippen LogP contribution in [0.5, 0.6) is 0 Å². The molecule has 4 aromatic heterocycles. The summed E-state index contributed by atoms with van der Waals surface area (Å²) in [5, 5.41) is 5.40. The molecule has 5 heteroatoms. The number of hydrogen-bond donors (Lipinski definition) is 0. The molecule has 0 spiro atoms. The van der Waals surface area contributed by atoms with Crippen LogP contribution >= 0.6 is 0 Å². The van der Waals surface area contributed by atoms with Crippen molar-refractivity contribution in [3.63, 3.8) is 0 Å². The van der Waals surface area contributed by atoms with Crippen LogP contribution in [0.15, 0.2) is 124 Å². The fraction of sp³-hybridized carbons (Fsp3) is 0. The van der Waals surface area contributed by atoms with Crippen LogP contribution in [0.25, 0.3) is 54.8 Å². The van der Waals surface area contributed by atoms with Crippen molar-refractivity contribution in [2.24, 2.45) is 0 Å². The van der Waals surface area contributed by atoms with Crippen LogP contribution in [-0.2, 0) is 0 Å². The van der Waals surface area contributed by atoms with Gasteiger partial charge in [-0.3, -0.25) is 9.97 Å². The average molecular weight is 478 g/mol. The second-order valence-electron chi connectivity index (χ2n) is 9.10. The van der Waals surface area contributed by atoms with Gasteiger partial charge in [-0.25, -0.2) is 0 Å². The Balaban J connectivity index is 1.48. The van der Waals surface area contributed by atoms with Gasteiger partial charge in [-0.05, 0) is 53.2 Å². The molecule has 8 aromatic rings. The molecule has 4 aromatic carbocycles. The first kappa shape index (κ1) is 20.1. The number of furan rings is 2. The number of anilines is 3. The largest absolute Gasteiger partial charge is 0.452 e. The van der Waals surface area contributed by atoms with Crippen molar-refractivity contribution < 1.29 is 8.83 Å². The Labute approximate surface area is 211 Å². The minimum absolute atomic E-state index is 0.728. The first-order valence-corrected chi connectivity index (χ1v) is 12.2. The lowest BCUT2D eigenvalue weighted by atomic mass is 10.1. The van der Waals surface area contributed by atoms with Crippen LogP contribution in [-0.4, -0.2) is 9.97 Å². The van der Waals surface area contributed by atoms with Crippen LogP contribution in [0.1, 0.15) is 0 Å². The third kappa shape index (κ3) is 2.98. The molecule has 0 N–H and O–H groups in total. The van der Waals surface area contributed by atoms with Crippen LogP contribution in [0.3, 0.4) is 0 Å². The van der Waals surface area contributed by atoms with Gasteiger partial charge < -0.3 is 13.7 Å². The topological polar surface area (TPSA) is 55.3 Å². The average Bonchev–Trinajstić information content (AvgIpc) is 3.53. The van der Waals surface area contributed by atoms with E-state index in [1.807, 2.05) is 42.6 Å². The highest BCUT2D eigenvalue weighted by molar-refractivity contribution is 6.13. The highest BCUT2D eigenvalue weighted by Crippen LogP contribution is 2.45. The van der Waals surface area contributed by atoms with Crippen molar-refractivity contribution in [1.29, 1.82) is 0 Å². The van der Waals surface area contributed by atoms with Crippen LogP contribution in [0.4, 0.5) is 17.1 Å². The molecule has 8 rings (SSSR count). The number of fused-ring (bicyclic) bond motifs is 7. The van der Waals surface area contributed by atoms with Gasteiger partial charge >= 0.3 is 0 Å². The molecule has 0 unspecified atom stereocenters. The van der Waals surface area contributed by atoms with Crippen molar-refractivity contribution in [3.05, 3.63) is 116 Å². The fourth-order valence-electron chi connectivity index (χ4n) is 5.31. The number of rotatable bonds is 3. The van der Waals surface area contributed by atoms with Gasteiger partial charge in [0.15, 0.2) is 16.7 Å². The lowest BCUT2D eigenvalue weighted by Gasteiger charge is -2.25. The summed E-state index contributed by atoms with van der Waals surface area (Å²) in [5.74, 6) is 0. The summed E-state index contributed by atoms with van der Waals surface area (Å²) in [7, 11) is 0. The van der Waals surface area contributed by atoms with E-state index in [9.17, 15) is 0 Å². The lowest BCUT2D eigenvalue weighted by molar-refractivity contribution is 0.664. The molecule has 0 aliphatic rings. The molecule has 0 saturated heterocycles. The molecule has 0 bridgehead atoms. The molecule has 0 fully saturated rings. The molecule has 0 aliphatic carbocycles. The first-order chi connectivity index (χ1) is 18.3. The highest BCUT2D eigenvalue weighted by Gasteiger charge is 2.23. The summed E-state index contributed by atoms with van der Waals surface area (Å²) >= 11 is 0. The Kier molecular flexibility index (Phi) is 4.16. The van der Waals surface area contributed by atoms with E-state index in [1.165, 1.54) is 5.39 Å². The predicted octanol–water partition coefficient (Wildman–Crippen LogP) is 8.90. The van der Waals surface area contributed by atoms with Crippen molar-refractivity contribution in [2.75, 3.05) is 4.90 Å². The maximum Gasteiger partial charge on any atom is 0.177 e. The zero-order valence-corrected chi connectivity index (χ0v) is 19.6. The minimum atomic E-state index is 0.728. The number of pyridine rings is 2. The standard InChI is InChI=1S/C32H19N3O2/c1-2-7-21-18-22(13-12-20(21)6-1)35(26-10-5-9-24-23-14-16-33-19-29(23)37-31(24)26)27-15-17-34-30-25-8-3-4-11-28(25)36-32(27)30/h1-19H. The fourth-order valence-corrected chi connectivity index (χ4v) is 5.31. The summed E-state index contributed by atoms with van der Waals surface area (Å²) < 4.78 is 12.8. The van der Waals surface area contributed by atoms with Crippen LogP contribution in [0, 0.1) is 0 Å². The molecule has 0 amide bonds. The Bertz CT molecular complexity index is 2010. The van der Waals surface area contributed by atoms with Gasteiger partial charge in [0.05, 0.1) is 17.6 Å². The van der Waals surface area contributed by atoms with E-state index in [0.29, 0.717) is 0 Å². The minimum Gasteiger partial charge on any atom is -0.452 e. The maximum atomic E-state index is 6.42. The lowest BCUT2D eigenvalue weighted by Crippen LogP contribution is -2.10. The Morgan fingerprint density at radius 1 is 0.568 bits per heavy atom. The van der Waals surface area contributed by atoms with Gasteiger partial charge in [0.1, 0.15) is 11.1 Å². The van der Waals surface area contributed by atoms with E-state index in [0.717, 1.165) is 66.5 Å². The highest BCUT2D eigenvalue weighted by atomic mass is 16.3. The number of para-hydroxylation sites is 2. The van der Waals surface area contributed by atoms with Crippen LogP contribution in [0.2, 0.25) is 0 Å². The summed E-state index contributed by atoms with van der Waals surface area (Å²) in [6, 6.07) is 33.1. The molecule has 37 heavy (non-hydrogen) atoms. The Hall–Kier alpha value is -5.16. The van der Waals surface area contributed by atoms with E-state index in [4.69, 9.17) is 13.8 Å². The molecule has 0 aliphatic heterocycles. The van der Waals surface area contributed by atoms with Crippen LogP contribution < -0.4 is 4.90 Å². The molecule has 174 valence electrons. The zero-order chi connectivity index (χ0) is 24.3. The van der Waals surface area contributed by atoms with Crippen molar-refractivity contribution in [3.8, 4) is 0 Å². The predicted molar refractivity (Wildman–Crippen MR) is 149 cm³/mol. The molecule has 0 atom stereocenters. The van der Waals surface area contributed by atoms with Gasteiger partial charge in [0.25, 0.3) is 0 Å². The van der Waals surface area contributed by atoms with Crippen molar-refractivity contribution >= 4 is 71.8 Å². The van der Waals surface area contributed by atoms with Gasteiger partial charge in [-0.2, -0.15) is 0 Å². The molecular weight excluding hydrogens is 458 g/mol. The molecule has 0 saturated carbocycles. The monoisotopic (exact) mass is 477 g/mol. The van der Waals surface area contributed by atoms with E-state index in [-0.39, 0.29) is 0 Å². The number of hydrogen-bond acceptors (Lipinski definition) is 5. The molecule has 5 nitrogen and oxygen atoms in total. The molecule has 4 heterocycles. The molecular formula is C32H19N3O2. The second kappa shape index (κ2) is 7.67. The normalized spacial score (nSPS) is 11.8. The third-order valence-electron chi connectivity index (χ3n) is 6.99. The van der Waals surface area contributed by atoms with E-state index >= 15 is 0 Å². The second-order valence-corrected chi connectivity index (χ2v) is 9.10. The Morgan fingerprint density at radius 3 is 2.35 bits per heavy atom. The smallest absolute Gasteiger partial charge is 0.177 e. The van der Waals surface area contributed by atoms with Crippen molar-refractivity contribution in [1.82, 2.24) is 9.97 Å². The summed E-state index contributed by atoms with van der Waals surface area (Å²) in [4.78, 5) is 11.2.